The Morgan fingerprint density at radius 3 is 2.57 bits per heavy atom. The molecule has 1 aliphatic rings. The molecule has 1 aliphatic carbocycles. The molecule has 1 aromatic rings. The number of hydrogen-bond acceptors (Lipinski definition) is 4. The largest absolute Gasteiger partial charge is 0.467 e. The summed E-state index contributed by atoms with van der Waals surface area (Å²) in [6.07, 6.45) is 4.21. The molecule has 2 rings (SSSR count). The second-order valence-corrected chi connectivity index (χ2v) is 2.83. The summed E-state index contributed by atoms with van der Waals surface area (Å²) >= 11 is 0. The van der Waals surface area contributed by atoms with Crippen molar-refractivity contribution >= 4 is 5.78 Å². The molecular formula is C10H12O4. The Balaban J connectivity index is 0.000000140. The lowest BCUT2D eigenvalue weighted by Gasteiger charge is -1.88. The second-order valence-electron chi connectivity index (χ2n) is 2.83. The monoisotopic (exact) mass is 196 g/mol. The Morgan fingerprint density at radius 2 is 2.36 bits per heavy atom. The van der Waals surface area contributed by atoms with Crippen LogP contribution in [0.25, 0.3) is 0 Å². The first kappa shape index (κ1) is 10.7. The number of ketones is 1. The van der Waals surface area contributed by atoms with Crippen molar-refractivity contribution in [3.63, 3.8) is 0 Å². The number of aliphatic hydroxyl groups excluding tert-OH is 2. The molecule has 1 atom stereocenters. The van der Waals surface area contributed by atoms with Gasteiger partial charge in [-0.3, -0.25) is 4.79 Å². The summed E-state index contributed by atoms with van der Waals surface area (Å²) in [4.78, 5) is 10.2. The van der Waals surface area contributed by atoms with Gasteiger partial charge in [-0.1, -0.05) is 6.08 Å². The fourth-order valence-corrected chi connectivity index (χ4v) is 0.963. The highest BCUT2D eigenvalue weighted by atomic mass is 16.4. The summed E-state index contributed by atoms with van der Waals surface area (Å²) in [6, 6.07) is 3.46. The molecule has 76 valence electrons. The number of rotatable bonds is 1. The van der Waals surface area contributed by atoms with Gasteiger partial charge in [-0.05, 0) is 18.2 Å². The first-order valence-corrected chi connectivity index (χ1v) is 4.24. The van der Waals surface area contributed by atoms with Crippen molar-refractivity contribution in [3.8, 4) is 0 Å². The number of allylic oxidation sites excluding steroid dienone is 1. The van der Waals surface area contributed by atoms with Crippen LogP contribution in [0.4, 0.5) is 0 Å². The maximum atomic E-state index is 10.2. The summed E-state index contributed by atoms with van der Waals surface area (Å²) in [5.74, 6) is 0.632. The van der Waals surface area contributed by atoms with Gasteiger partial charge in [-0.2, -0.15) is 0 Å². The molecule has 0 aromatic carbocycles. The summed E-state index contributed by atoms with van der Waals surface area (Å²) in [5, 5.41) is 16.9. The molecule has 0 radical (unpaired) electrons. The minimum absolute atomic E-state index is 0.00694. The van der Waals surface area contributed by atoms with Crippen molar-refractivity contribution in [1.82, 2.24) is 0 Å². The van der Waals surface area contributed by atoms with E-state index in [1.165, 1.54) is 18.4 Å². The number of hydrogen-bond donors (Lipinski definition) is 2. The van der Waals surface area contributed by atoms with Crippen molar-refractivity contribution in [2.24, 2.45) is 0 Å². The van der Waals surface area contributed by atoms with Crippen LogP contribution in [0, 0.1) is 0 Å². The molecular weight excluding hydrogens is 184 g/mol. The summed E-state index contributed by atoms with van der Waals surface area (Å²) in [6.45, 7) is -0.00694. The van der Waals surface area contributed by atoms with Crippen LogP contribution in [-0.2, 0) is 11.4 Å². The standard InChI is InChI=1S/2C5H6O2/c6-4-1-2-5(7)3-4;6-4-5-2-1-3-7-5/h1-2,4,6H,3H2;1-3,6H,4H2. The minimum atomic E-state index is -0.507. The molecule has 4 nitrogen and oxygen atoms in total. The third kappa shape index (κ3) is 3.55. The predicted octanol–water partition coefficient (Wildman–Crippen LogP) is 0.648. The fraction of sp³-hybridized carbons (Fsp3) is 0.300. The third-order valence-electron chi connectivity index (χ3n) is 1.65. The SMILES string of the molecule is O=C1C=CC(O)C1.OCc1ccco1. The molecule has 0 saturated heterocycles. The van der Waals surface area contributed by atoms with Gasteiger partial charge in [0.1, 0.15) is 12.4 Å². The zero-order valence-electron chi connectivity index (χ0n) is 7.59. The molecule has 0 bridgehead atoms. The van der Waals surface area contributed by atoms with Gasteiger partial charge in [0.05, 0.1) is 12.4 Å². The third-order valence-corrected chi connectivity index (χ3v) is 1.65. The van der Waals surface area contributed by atoms with Crippen molar-refractivity contribution in [3.05, 3.63) is 36.3 Å². The van der Waals surface area contributed by atoms with Crippen LogP contribution in [0.2, 0.25) is 0 Å². The van der Waals surface area contributed by atoms with Crippen molar-refractivity contribution < 1.29 is 19.4 Å². The lowest BCUT2D eigenvalue weighted by atomic mass is 10.3. The molecule has 0 aliphatic heterocycles. The highest BCUT2D eigenvalue weighted by Gasteiger charge is 2.10. The van der Waals surface area contributed by atoms with E-state index in [4.69, 9.17) is 14.6 Å². The fourth-order valence-electron chi connectivity index (χ4n) is 0.963. The number of carbonyl (C=O) groups excluding carboxylic acids is 1. The quantitative estimate of drug-likeness (QED) is 0.691. The molecule has 2 N–H and O–H groups in total. The lowest BCUT2D eigenvalue weighted by molar-refractivity contribution is -0.114. The molecule has 1 unspecified atom stereocenters. The summed E-state index contributed by atoms with van der Waals surface area (Å²) in [5.41, 5.74) is 0. The van der Waals surface area contributed by atoms with Crippen LogP contribution in [0.5, 0.6) is 0 Å². The second kappa shape index (κ2) is 5.36. The summed E-state index contributed by atoms with van der Waals surface area (Å²) < 4.78 is 4.73. The maximum absolute atomic E-state index is 10.2. The predicted molar refractivity (Wildman–Crippen MR) is 49.4 cm³/mol. The number of aliphatic hydroxyl groups is 2. The van der Waals surface area contributed by atoms with Crippen molar-refractivity contribution in [2.75, 3.05) is 0 Å². The van der Waals surface area contributed by atoms with Gasteiger partial charge in [-0.15, -0.1) is 0 Å². The molecule has 0 saturated carbocycles. The lowest BCUT2D eigenvalue weighted by Crippen LogP contribution is -1.99. The van der Waals surface area contributed by atoms with Crippen LogP contribution in [-0.4, -0.2) is 22.1 Å². The van der Waals surface area contributed by atoms with E-state index in [1.54, 1.807) is 12.1 Å². The van der Waals surface area contributed by atoms with Gasteiger partial charge < -0.3 is 14.6 Å². The van der Waals surface area contributed by atoms with Gasteiger partial charge in [0.15, 0.2) is 5.78 Å². The van der Waals surface area contributed by atoms with E-state index < -0.39 is 6.10 Å². The maximum Gasteiger partial charge on any atom is 0.158 e. The Bertz CT molecular complexity index is 300. The zero-order chi connectivity index (χ0) is 10.4. The van der Waals surface area contributed by atoms with E-state index in [2.05, 4.69) is 0 Å². The Labute approximate surface area is 81.5 Å². The van der Waals surface area contributed by atoms with Gasteiger partial charge in [-0.25, -0.2) is 0 Å². The first-order valence-electron chi connectivity index (χ1n) is 4.24. The van der Waals surface area contributed by atoms with E-state index in [1.807, 2.05) is 0 Å². The van der Waals surface area contributed by atoms with E-state index in [0.717, 1.165) is 0 Å². The van der Waals surface area contributed by atoms with E-state index in [9.17, 15) is 4.79 Å². The average molecular weight is 196 g/mol. The summed E-state index contributed by atoms with van der Waals surface area (Å²) in [7, 11) is 0. The smallest absolute Gasteiger partial charge is 0.158 e. The van der Waals surface area contributed by atoms with Crippen LogP contribution >= 0.6 is 0 Å². The van der Waals surface area contributed by atoms with Crippen LogP contribution in [0.3, 0.4) is 0 Å². The van der Waals surface area contributed by atoms with E-state index in [0.29, 0.717) is 5.76 Å². The van der Waals surface area contributed by atoms with E-state index in [-0.39, 0.29) is 18.8 Å². The molecule has 4 heteroatoms. The minimum Gasteiger partial charge on any atom is -0.467 e. The van der Waals surface area contributed by atoms with Gasteiger partial charge in [0.25, 0.3) is 0 Å². The Kier molecular flexibility index (Phi) is 4.10. The number of carbonyl (C=O) groups is 1. The van der Waals surface area contributed by atoms with Gasteiger partial charge >= 0.3 is 0 Å². The molecule has 0 amide bonds. The highest BCUT2D eigenvalue weighted by Crippen LogP contribution is 2.03. The molecule has 0 spiro atoms. The highest BCUT2D eigenvalue weighted by molar-refractivity contribution is 5.92. The first-order chi connectivity index (χ1) is 6.72. The number of furan rings is 1. The van der Waals surface area contributed by atoms with Crippen LogP contribution in [0.15, 0.2) is 35.0 Å². The van der Waals surface area contributed by atoms with Crippen LogP contribution in [0.1, 0.15) is 12.2 Å². The van der Waals surface area contributed by atoms with E-state index >= 15 is 0 Å². The van der Waals surface area contributed by atoms with Gasteiger partial charge in [0.2, 0.25) is 0 Å². The van der Waals surface area contributed by atoms with Crippen molar-refractivity contribution in [2.45, 2.75) is 19.1 Å². The molecule has 14 heavy (non-hydrogen) atoms. The van der Waals surface area contributed by atoms with Crippen molar-refractivity contribution in [1.29, 1.82) is 0 Å². The normalized spacial score (nSPS) is 19.3. The molecule has 1 aromatic heterocycles. The average Bonchev–Trinajstić information content (AvgIpc) is 2.78. The van der Waals surface area contributed by atoms with Gasteiger partial charge in [0, 0.05) is 6.42 Å². The topological polar surface area (TPSA) is 70.7 Å². The zero-order valence-corrected chi connectivity index (χ0v) is 7.59. The Morgan fingerprint density at radius 1 is 1.57 bits per heavy atom. The molecule has 0 fully saturated rings. The van der Waals surface area contributed by atoms with Crippen LogP contribution < -0.4 is 0 Å². The Hall–Kier alpha value is -1.39. The molecule has 1 heterocycles.